The summed E-state index contributed by atoms with van der Waals surface area (Å²) in [5, 5.41) is 2.09. The number of carbonyl (C=O) groups is 1. The van der Waals surface area contributed by atoms with E-state index in [1.165, 1.54) is 16.8 Å². The second kappa shape index (κ2) is 7.43. The molecule has 4 rings (SSSR count). The van der Waals surface area contributed by atoms with Crippen molar-refractivity contribution in [3.63, 3.8) is 0 Å². The monoisotopic (exact) mass is 387 g/mol. The predicted molar refractivity (Wildman–Crippen MR) is 101 cm³/mol. The average Bonchev–Trinajstić information content (AvgIpc) is 3.29. The van der Waals surface area contributed by atoms with Crippen molar-refractivity contribution in [2.75, 3.05) is 6.79 Å². The molecule has 126 valence electrons. The van der Waals surface area contributed by atoms with Gasteiger partial charge in [0.1, 0.15) is 0 Å². The molecule has 0 aliphatic carbocycles. The number of carbonyl (C=O) groups excluding carboxylic acids is 1. The summed E-state index contributed by atoms with van der Waals surface area (Å²) in [4.78, 5) is 14.6. The molecule has 1 aliphatic rings. The molecule has 0 spiro atoms. The minimum atomic E-state index is -0.158. The topological polar surface area (TPSA) is 47.6 Å². The van der Waals surface area contributed by atoms with Gasteiger partial charge in [-0.15, -0.1) is 11.3 Å². The lowest BCUT2D eigenvalue weighted by Gasteiger charge is -2.03. The highest BCUT2D eigenvalue weighted by atomic mass is 32.2. The molecule has 0 radical (unpaired) electrons. The first-order chi connectivity index (χ1) is 12.3. The fraction of sp³-hybridized carbons (Fsp3) is 0.0556. The van der Waals surface area contributed by atoms with Gasteiger partial charge in [0.15, 0.2) is 11.5 Å². The van der Waals surface area contributed by atoms with E-state index in [4.69, 9.17) is 9.47 Å². The molecule has 1 amide bonds. The standard InChI is InChI=1S/C18H13NO3S3/c20-18(12-6-7-15-16(8-12)22-11-21-15)19-25-17-9-14(10-23-17)24-13-4-2-1-3-5-13/h1-10H,11H2,(H,19,20). The van der Waals surface area contributed by atoms with Gasteiger partial charge in [-0.2, -0.15) is 0 Å². The number of fused-ring (bicyclic) bond motifs is 1. The van der Waals surface area contributed by atoms with Crippen molar-refractivity contribution in [3.8, 4) is 11.5 Å². The average molecular weight is 388 g/mol. The number of benzene rings is 2. The summed E-state index contributed by atoms with van der Waals surface area (Å²) in [5.41, 5.74) is 0.548. The van der Waals surface area contributed by atoms with E-state index in [9.17, 15) is 4.79 Å². The minimum Gasteiger partial charge on any atom is -0.454 e. The van der Waals surface area contributed by atoms with Crippen molar-refractivity contribution < 1.29 is 14.3 Å². The third kappa shape index (κ3) is 3.95. The first-order valence-electron chi connectivity index (χ1n) is 7.46. The van der Waals surface area contributed by atoms with Crippen molar-refractivity contribution >= 4 is 41.0 Å². The van der Waals surface area contributed by atoms with Gasteiger partial charge in [-0.25, -0.2) is 0 Å². The zero-order chi connectivity index (χ0) is 17.1. The quantitative estimate of drug-likeness (QED) is 0.620. The maximum absolute atomic E-state index is 12.3. The van der Waals surface area contributed by atoms with Gasteiger partial charge in [0.05, 0.1) is 4.21 Å². The van der Waals surface area contributed by atoms with E-state index in [2.05, 4.69) is 28.3 Å². The summed E-state index contributed by atoms with van der Waals surface area (Å²) in [6, 6.07) is 17.5. The predicted octanol–water partition coefficient (Wildman–Crippen LogP) is 5.07. The van der Waals surface area contributed by atoms with Crippen LogP contribution in [0.25, 0.3) is 0 Å². The van der Waals surface area contributed by atoms with Crippen LogP contribution in [0, 0.1) is 0 Å². The molecule has 7 heteroatoms. The summed E-state index contributed by atoms with van der Waals surface area (Å²) < 4.78 is 14.5. The Bertz CT molecular complexity index is 896. The Hall–Kier alpha value is -2.09. The molecule has 25 heavy (non-hydrogen) atoms. The van der Waals surface area contributed by atoms with Gasteiger partial charge in [-0.3, -0.25) is 9.52 Å². The van der Waals surface area contributed by atoms with Crippen LogP contribution in [-0.2, 0) is 0 Å². The Balaban J connectivity index is 1.36. The minimum absolute atomic E-state index is 0.158. The van der Waals surface area contributed by atoms with Crippen LogP contribution in [0.15, 0.2) is 74.0 Å². The third-order valence-electron chi connectivity index (χ3n) is 3.41. The van der Waals surface area contributed by atoms with Crippen LogP contribution in [0.1, 0.15) is 10.4 Å². The highest BCUT2D eigenvalue weighted by Gasteiger charge is 2.16. The fourth-order valence-corrected chi connectivity index (χ4v) is 4.91. The molecule has 1 N–H and O–H groups in total. The lowest BCUT2D eigenvalue weighted by atomic mass is 10.2. The maximum Gasteiger partial charge on any atom is 0.261 e. The van der Waals surface area contributed by atoms with Gasteiger partial charge in [0.2, 0.25) is 6.79 Å². The Labute approximate surface area is 157 Å². The second-order valence-corrected chi connectivity index (χ2v) is 8.28. The van der Waals surface area contributed by atoms with Crippen LogP contribution >= 0.6 is 35.0 Å². The first kappa shape index (κ1) is 16.4. The summed E-state index contributed by atoms with van der Waals surface area (Å²) in [6.45, 7) is 0.201. The molecule has 1 aliphatic heterocycles. The largest absolute Gasteiger partial charge is 0.454 e. The number of hydrogen-bond acceptors (Lipinski definition) is 6. The second-order valence-electron chi connectivity index (χ2n) is 5.12. The molecular formula is C18H13NO3S3. The zero-order valence-electron chi connectivity index (χ0n) is 12.9. The number of amides is 1. The molecule has 3 aromatic rings. The number of ether oxygens (including phenoxy) is 2. The smallest absolute Gasteiger partial charge is 0.261 e. The summed E-state index contributed by atoms with van der Waals surface area (Å²) in [7, 11) is 0. The third-order valence-corrected chi connectivity index (χ3v) is 6.40. The van der Waals surface area contributed by atoms with Crippen LogP contribution in [0.3, 0.4) is 0 Å². The van der Waals surface area contributed by atoms with Gasteiger partial charge >= 0.3 is 0 Å². The van der Waals surface area contributed by atoms with Gasteiger partial charge in [-0.05, 0) is 48.3 Å². The highest BCUT2D eigenvalue weighted by Crippen LogP contribution is 2.35. The van der Waals surface area contributed by atoms with Crippen LogP contribution in [0.2, 0.25) is 0 Å². The van der Waals surface area contributed by atoms with E-state index in [0.29, 0.717) is 17.1 Å². The van der Waals surface area contributed by atoms with E-state index in [1.54, 1.807) is 41.3 Å². The van der Waals surface area contributed by atoms with E-state index in [0.717, 1.165) is 9.10 Å². The Morgan fingerprint density at radius 1 is 1.00 bits per heavy atom. The zero-order valence-corrected chi connectivity index (χ0v) is 15.4. The van der Waals surface area contributed by atoms with Crippen LogP contribution < -0.4 is 14.2 Å². The van der Waals surface area contributed by atoms with E-state index in [-0.39, 0.29) is 12.7 Å². The normalized spacial score (nSPS) is 12.2. The van der Waals surface area contributed by atoms with Crippen molar-refractivity contribution in [3.05, 3.63) is 65.5 Å². The van der Waals surface area contributed by atoms with Crippen LogP contribution in [0.5, 0.6) is 11.5 Å². The molecule has 2 heterocycles. The maximum atomic E-state index is 12.3. The molecule has 0 saturated carbocycles. The van der Waals surface area contributed by atoms with E-state index < -0.39 is 0 Å². The fourth-order valence-electron chi connectivity index (χ4n) is 2.23. The molecule has 0 fully saturated rings. The van der Waals surface area contributed by atoms with Gasteiger partial charge < -0.3 is 9.47 Å². The molecule has 2 aromatic carbocycles. The number of rotatable bonds is 5. The number of hydrogen-bond donors (Lipinski definition) is 1. The highest BCUT2D eigenvalue weighted by molar-refractivity contribution is 8.00. The Morgan fingerprint density at radius 2 is 1.84 bits per heavy atom. The first-order valence-corrected chi connectivity index (χ1v) is 9.97. The van der Waals surface area contributed by atoms with Crippen molar-refractivity contribution in [2.45, 2.75) is 14.0 Å². The molecule has 4 nitrogen and oxygen atoms in total. The Kier molecular flexibility index (Phi) is 4.87. The lowest BCUT2D eigenvalue weighted by molar-refractivity contribution is 0.0984. The van der Waals surface area contributed by atoms with Crippen molar-refractivity contribution in [2.24, 2.45) is 0 Å². The van der Waals surface area contributed by atoms with E-state index in [1.807, 2.05) is 18.2 Å². The molecule has 0 unspecified atom stereocenters. The van der Waals surface area contributed by atoms with Gasteiger partial charge in [0.25, 0.3) is 5.91 Å². The van der Waals surface area contributed by atoms with Gasteiger partial charge in [0, 0.05) is 20.7 Å². The molecule has 0 saturated heterocycles. The van der Waals surface area contributed by atoms with Crippen LogP contribution in [-0.4, -0.2) is 12.7 Å². The van der Waals surface area contributed by atoms with Gasteiger partial charge in [-0.1, -0.05) is 30.0 Å². The van der Waals surface area contributed by atoms with Crippen LogP contribution in [0.4, 0.5) is 0 Å². The summed E-state index contributed by atoms with van der Waals surface area (Å²) in [6.07, 6.45) is 0. The molecule has 1 aromatic heterocycles. The Morgan fingerprint density at radius 3 is 2.72 bits per heavy atom. The molecule has 0 bridgehead atoms. The van der Waals surface area contributed by atoms with E-state index >= 15 is 0 Å². The molecular weight excluding hydrogens is 374 g/mol. The summed E-state index contributed by atoms with van der Waals surface area (Å²) in [5.74, 6) is 1.12. The number of nitrogens with one attached hydrogen (secondary N) is 1. The van der Waals surface area contributed by atoms with Crippen molar-refractivity contribution in [1.29, 1.82) is 0 Å². The number of thiophene rings is 1. The van der Waals surface area contributed by atoms with Crippen molar-refractivity contribution in [1.82, 2.24) is 4.72 Å². The lowest BCUT2D eigenvalue weighted by Crippen LogP contribution is -2.15. The summed E-state index contributed by atoms with van der Waals surface area (Å²) >= 11 is 4.64. The molecule has 0 atom stereocenters. The SMILES string of the molecule is O=C(NSc1cc(Sc2ccccc2)cs1)c1ccc2c(c1)OCO2.